The van der Waals surface area contributed by atoms with Gasteiger partial charge in [0.15, 0.2) is 11.8 Å². The average molecular weight is 421 g/mol. The Hall–Kier alpha value is -3.48. The molecular weight excluding hydrogens is 397 g/mol. The van der Waals surface area contributed by atoms with Gasteiger partial charge in [0.05, 0.1) is 5.69 Å². The summed E-state index contributed by atoms with van der Waals surface area (Å²) in [6.07, 6.45) is 1.40. The molecule has 2 aromatic carbocycles. The first-order valence-electron chi connectivity index (χ1n) is 10.3. The summed E-state index contributed by atoms with van der Waals surface area (Å²) in [6.45, 7) is 5.42. The summed E-state index contributed by atoms with van der Waals surface area (Å²) in [5.74, 6) is -1.38. The van der Waals surface area contributed by atoms with E-state index in [1.807, 2.05) is 32.0 Å². The second-order valence-electron chi connectivity index (χ2n) is 7.87. The van der Waals surface area contributed by atoms with Crippen LogP contribution in [0, 0.1) is 19.7 Å². The van der Waals surface area contributed by atoms with Crippen molar-refractivity contribution >= 4 is 17.6 Å². The van der Waals surface area contributed by atoms with Crippen molar-refractivity contribution in [3.05, 3.63) is 76.4 Å². The molecule has 1 amide bonds. The number of aromatic nitrogens is 2. The highest BCUT2D eigenvalue weighted by atomic mass is 19.1. The summed E-state index contributed by atoms with van der Waals surface area (Å²) in [4.78, 5) is 25.4. The lowest BCUT2D eigenvalue weighted by Crippen LogP contribution is -2.30. The van der Waals surface area contributed by atoms with Crippen LogP contribution in [0.2, 0.25) is 0 Å². The molecule has 7 heteroatoms. The highest BCUT2D eigenvalue weighted by Crippen LogP contribution is 2.28. The number of fused-ring (bicyclic) bond motifs is 1. The van der Waals surface area contributed by atoms with Gasteiger partial charge in [-0.05, 0) is 75.9 Å². The van der Waals surface area contributed by atoms with Crippen LogP contribution in [-0.4, -0.2) is 27.8 Å². The molecule has 1 N–H and O–H groups in total. The molecule has 160 valence electrons. The van der Waals surface area contributed by atoms with E-state index in [0.29, 0.717) is 17.8 Å². The van der Waals surface area contributed by atoms with E-state index in [0.717, 1.165) is 35.2 Å². The van der Waals surface area contributed by atoms with Crippen molar-refractivity contribution in [1.29, 1.82) is 0 Å². The Morgan fingerprint density at radius 3 is 2.58 bits per heavy atom. The third-order valence-electron chi connectivity index (χ3n) is 5.49. The number of aryl methyl sites for hydroxylation is 2. The van der Waals surface area contributed by atoms with E-state index in [-0.39, 0.29) is 11.5 Å². The summed E-state index contributed by atoms with van der Waals surface area (Å²) >= 11 is 0. The average Bonchev–Trinajstić information content (AvgIpc) is 3.33. The van der Waals surface area contributed by atoms with E-state index in [2.05, 4.69) is 10.4 Å². The minimum Gasteiger partial charge on any atom is -0.448 e. The zero-order valence-electron chi connectivity index (χ0n) is 17.7. The topological polar surface area (TPSA) is 73.2 Å². The Balaban J connectivity index is 1.51. The molecule has 4 rings (SSSR count). The van der Waals surface area contributed by atoms with Gasteiger partial charge in [-0.3, -0.25) is 4.79 Å². The largest absolute Gasteiger partial charge is 0.448 e. The van der Waals surface area contributed by atoms with E-state index < -0.39 is 18.0 Å². The minimum atomic E-state index is -0.985. The van der Waals surface area contributed by atoms with Gasteiger partial charge in [-0.2, -0.15) is 5.10 Å². The van der Waals surface area contributed by atoms with Gasteiger partial charge in [-0.25, -0.2) is 13.9 Å². The number of esters is 1. The molecule has 0 saturated carbocycles. The fourth-order valence-electron chi connectivity index (χ4n) is 3.86. The van der Waals surface area contributed by atoms with Crippen molar-refractivity contribution in [3.8, 4) is 5.69 Å². The van der Waals surface area contributed by atoms with Crippen LogP contribution < -0.4 is 5.32 Å². The molecule has 0 saturated heterocycles. The number of nitrogens with zero attached hydrogens (tertiary/aromatic N) is 2. The summed E-state index contributed by atoms with van der Waals surface area (Å²) in [5, 5.41) is 7.25. The number of nitrogens with one attached hydrogen (secondary N) is 1. The Bertz CT molecular complexity index is 1150. The fraction of sp³-hybridized carbons (Fsp3) is 0.292. The molecule has 0 radical (unpaired) electrons. The summed E-state index contributed by atoms with van der Waals surface area (Å²) in [6, 6.07) is 11.7. The van der Waals surface area contributed by atoms with Gasteiger partial charge in [-0.1, -0.05) is 17.7 Å². The number of carbonyl (C=O) groups excluding carboxylic acids is 2. The van der Waals surface area contributed by atoms with E-state index in [9.17, 15) is 14.0 Å². The maximum Gasteiger partial charge on any atom is 0.359 e. The fourth-order valence-corrected chi connectivity index (χ4v) is 3.86. The van der Waals surface area contributed by atoms with Gasteiger partial charge in [0.25, 0.3) is 5.91 Å². The molecule has 0 bridgehead atoms. The van der Waals surface area contributed by atoms with Crippen LogP contribution in [0.15, 0.2) is 42.5 Å². The molecule has 1 atom stereocenters. The van der Waals surface area contributed by atoms with Crippen LogP contribution in [0.5, 0.6) is 0 Å². The zero-order valence-corrected chi connectivity index (χ0v) is 17.7. The normalized spacial score (nSPS) is 13.5. The van der Waals surface area contributed by atoms with Gasteiger partial charge >= 0.3 is 5.97 Å². The van der Waals surface area contributed by atoms with Crippen LogP contribution >= 0.6 is 0 Å². The Kier molecular flexibility index (Phi) is 5.59. The maximum atomic E-state index is 13.3. The lowest BCUT2D eigenvalue weighted by atomic mass is 10.1. The lowest BCUT2D eigenvalue weighted by molar-refractivity contribution is -0.123. The predicted octanol–water partition coefficient (Wildman–Crippen LogP) is 4.30. The molecular formula is C24H24FN3O3. The van der Waals surface area contributed by atoms with E-state index >= 15 is 0 Å². The van der Waals surface area contributed by atoms with Crippen LogP contribution in [0.4, 0.5) is 10.1 Å². The highest BCUT2D eigenvalue weighted by Gasteiger charge is 2.30. The van der Waals surface area contributed by atoms with Crippen molar-refractivity contribution in [3.63, 3.8) is 0 Å². The van der Waals surface area contributed by atoms with E-state index in [1.54, 1.807) is 16.8 Å². The number of carbonyl (C=O) groups is 2. The lowest BCUT2D eigenvalue weighted by Gasteiger charge is -2.14. The smallest absolute Gasteiger partial charge is 0.359 e. The van der Waals surface area contributed by atoms with Crippen LogP contribution in [0.3, 0.4) is 0 Å². The third-order valence-corrected chi connectivity index (χ3v) is 5.49. The molecule has 1 aliphatic rings. The number of benzene rings is 2. The van der Waals surface area contributed by atoms with Crippen molar-refractivity contribution in [2.45, 2.75) is 46.1 Å². The van der Waals surface area contributed by atoms with Gasteiger partial charge in [0.1, 0.15) is 5.82 Å². The van der Waals surface area contributed by atoms with Crippen molar-refractivity contribution in [2.75, 3.05) is 5.32 Å². The number of amides is 1. The van der Waals surface area contributed by atoms with E-state index in [4.69, 9.17) is 4.74 Å². The Morgan fingerprint density at radius 1 is 1.13 bits per heavy atom. The minimum absolute atomic E-state index is 0.211. The number of anilines is 1. The summed E-state index contributed by atoms with van der Waals surface area (Å²) in [5.41, 5.74) is 5.35. The van der Waals surface area contributed by atoms with Crippen LogP contribution in [-0.2, 0) is 22.4 Å². The molecule has 1 heterocycles. The number of halogens is 1. The molecule has 31 heavy (non-hydrogen) atoms. The SMILES string of the molecule is Cc1ccc(NC(=O)C(C)OC(=O)c2nn(-c3ccc(F)cc3)c3c2CCC3)c(C)c1. The second-order valence-corrected chi connectivity index (χ2v) is 7.87. The van der Waals surface area contributed by atoms with Crippen LogP contribution in [0.25, 0.3) is 5.69 Å². The molecule has 1 aliphatic carbocycles. The van der Waals surface area contributed by atoms with E-state index in [1.165, 1.54) is 19.1 Å². The number of rotatable bonds is 5. The predicted molar refractivity (Wildman–Crippen MR) is 115 cm³/mol. The van der Waals surface area contributed by atoms with Crippen molar-refractivity contribution < 1.29 is 18.7 Å². The highest BCUT2D eigenvalue weighted by molar-refractivity contribution is 5.97. The third kappa shape index (κ3) is 4.21. The zero-order chi connectivity index (χ0) is 22.1. The molecule has 0 spiro atoms. The van der Waals surface area contributed by atoms with Gasteiger partial charge in [-0.15, -0.1) is 0 Å². The number of ether oxygens (including phenoxy) is 1. The van der Waals surface area contributed by atoms with Crippen molar-refractivity contribution in [1.82, 2.24) is 9.78 Å². The standard InChI is InChI=1S/C24H24FN3O3/c1-14-7-12-20(15(2)13-14)26-23(29)16(3)31-24(30)22-19-5-4-6-21(19)28(27-22)18-10-8-17(25)9-11-18/h7-13,16H,4-6H2,1-3H3,(H,26,29). The first-order valence-corrected chi connectivity index (χ1v) is 10.3. The summed E-state index contributed by atoms with van der Waals surface area (Å²) in [7, 11) is 0. The molecule has 0 fully saturated rings. The van der Waals surface area contributed by atoms with Crippen molar-refractivity contribution in [2.24, 2.45) is 0 Å². The molecule has 1 unspecified atom stereocenters. The molecule has 6 nitrogen and oxygen atoms in total. The molecule has 3 aromatic rings. The van der Waals surface area contributed by atoms with Gasteiger partial charge in [0.2, 0.25) is 0 Å². The number of hydrogen-bond donors (Lipinski definition) is 1. The monoisotopic (exact) mass is 421 g/mol. The maximum absolute atomic E-state index is 13.3. The Morgan fingerprint density at radius 2 is 1.87 bits per heavy atom. The van der Waals surface area contributed by atoms with Crippen LogP contribution in [0.1, 0.15) is 46.2 Å². The molecule has 0 aliphatic heterocycles. The van der Waals surface area contributed by atoms with Gasteiger partial charge < -0.3 is 10.1 Å². The number of hydrogen-bond acceptors (Lipinski definition) is 4. The quantitative estimate of drug-likeness (QED) is 0.624. The first-order chi connectivity index (χ1) is 14.8. The van der Waals surface area contributed by atoms with Gasteiger partial charge in [0, 0.05) is 16.9 Å². The summed E-state index contributed by atoms with van der Waals surface area (Å²) < 4.78 is 20.4. The Labute approximate surface area is 180 Å². The second kappa shape index (κ2) is 8.34. The molecule has 1 aromatic heterocycles. The first kappa shape index (κ1) is 20.8.